The minimum atomic E-state index is -0.0938. The fourth-order valence-corrected chi connectivity index (χ4v) is 9.07. The summed E-state index contributed by atoms with van der Waals surface area (Å²) in [4.78, 5) is 19.4. The average molecular weight is 781 g/mol. The molecule has 0 fully saturated rings. The highest BCUT2D eigenvalue weighted by molar-refractivity contribution is 6.06. The summed E-state index contributed by atoms with van der Waals surface area (Å²) in [7, 11) is 0. The van der Waals surface area contributed by atoms with Crippen LogP contribution in [0.1, 0.15) is 25.0 Å². The Labute approximate surface area is 356 Å². The van der Waals surface area contributed by atoms with Crippen molar-refractivity contribution in [3.05, 3.63) is 218 Å². The van der Waals surface area contributed by atoms with Gasteiger partial charge in [-0.25, -0.2) is 15.0 Å². The molecule has 2 aromatic heterocycles. The zero-order chi connectivity index (χ0) is 40.9. The Morgan fingerprint density at radius 2 is 0.852 bits per heavy atom. The summed E-state index contributed by atoms with van der Waals surface area (Å²) in [6.07, 6.45) is 3.66. The molecular formula is C57H40N4. The van der Waals surface area contributed by atoms with Gasteiger partial charge in [-0.05, 0) is 102 Å². The van der Waals surface area contributed by atoms with Crippen molar-refractivity contribution in [3.8, 4) is 89.8 Å². The van der Waals surface area contributed by atoms with E-state index in [-0.39, 0.29) is 5.41 Å². The molecular weight excluding hydrogens is 741 g/mol. The van der Waals surface area contributed by atoms with Gasteiger partial charge in [0.15, 0.2) is 17.5 Å². The van der Waals surface area contributed by atoms with Gasteiger partial charge in [0.25, 0.3) is 0 Å². The molecule has 4 heteroatoms. The van der Waals surface area contributed by atoms with Crippen molar-refractivity contribution in [2.45, 2.75) is 19.3 Å². The molecule has 0 bridgehead atoms. The van der Waals surface area contributed by atoms with Crippen LogP contribution >= 0.6 is 0 Å². The van der Waals surface area contributed by atoms with E-state index in [1.807, 2.05) is 42.6 Å². The topological polar surface area (TPSA) is 51.6 Å². The minimum Gasteiger partial charge on any atom is -0.264 e. The number of hydrogen-bond acceptors (Lipinski definition) is 4. The third-order valence-electron chi connectivity index (χ3n) is 12.2. The summed E-state index contributed by atoms with van der Waals surface area (Å²) in [6, 6.07) is 69.0. The van der Waals surface area contributed by atoms with Crippen LogP contribution in [-0.2, 0) is 5.41 Å². The van der Waals surface area contributed by atoms with Crippen molar-refractivity contribution in [2.24, 2.45) is 0 Å². The largest absolute Gasteiger partial charge is 0.264 e. The Kier molecular flexibility index (Phi) is 8.79. The molecule has 0 radical (unpaired) electrons. The van der Waals surface area contributed by atoms with Crippen LogP contribution in [0.15, 0.2) is 207 Å². The third-order valence-corrected chi connectivity index (χ3v) is 12.2. The summed E-state index contributed by atoms with van der Waals surface area (Å²) >= 11 is 0. The lowest BCUT2D eigenvalue weighted by Crippen LogP contribution is -2.14. The lowest BCUT2D eigenvalue weighted by Gasteiger charge is -2.21. The maximum absolute atomic E-state index is 5.07. The second-order valence-electron chi connectivity index (χ2n) is 16.3. The third kappa shape index (κ3) is 6.50. The molecule has 0 saturated carbocycles. The molecule has 0 spiro atoms. The quantitative estimate of drug-likeness (QED) is 0.162. The summed E-state index contributed by atoms with van der Waals surface area (Å²) in [5.74, 6) is 1.88. The van der Waals surface area contributed by atoms with Crippen LogP contribution in [0.3, 0.4) is 0 Å². The Hall–Kier alpha value is -7.82. The van der Waals surface area contributed by atoms with Gasteiger partial charge in [-0.1, -0.05) is 184 Å². The second kappa shape index (κ2) is 14.8. The first-order valence-electron chi connectivity index (χ1n) is 20.8. The maximum Gasteiger partial charge on any atom is 0.164 e. The van der Waals surface area contributed by atoms with Crippen molar-refractivity contribution >= 4 is 10.8 Å². The van der Waals surface area contributed by atoms with E-state index in [1.54, 1.807) is 6.20 Å². The lowest BCUT2D eigenvalue weighted by molar-refractivity contribution is 0.661. The van der Waals surface area contributed by atoms with Crippen LogP contribution in [0.25, 0.3) is 101 Å². The van der Waals surface area contributed by atoms with Crippen LogP contribution in [0, 0.1) is 0 Å². The van der Waals surface area contributed by atoms with Gasteiger partial charge in [-0.2, -0.15) is 0 Å². The van der Waals surface area contributed by atoms with Crippen LogP contribution in [0.2, 0.25) is 0 Å². The monoisotopic (exact) mass is 780 g/mol. The van der Waals surface area contributed by atoms with Crippen molar-refractivity contribution in [3.63, 3.8) is 0 Å². The fourth-order valence-electron chi connectivity index (χ4n) is 9.07. The first-order valence-corrected chi connectivity index (χ1v) is 20.8. The molecule has 2 heterocycles. The van der Waals surface area contributed by atoms with E-state index in [0.29, 0.717) is 17.5 Å². The van der Waals surface area contributed by atoms with Crippen molar-refractivity contribution in [1.29, 1.82) is 0 Å². The van der Waals surface area contributed by atoms with E-state index in [2.05, 4.69) is 177 Å². The van der Waals surface area contributed by atoms with Gasteiger partial charge in [0.05, 0.1) is 0 Å². The standard InChI is InChI=1S/C57H40N4/c1-57(2)50-25-11-24-49(53(50)52-48-23-7-6-13-38(48)30-31-51(52)57)45-20-9-18-43(34-45)41-16-8-17-42(33-41)44-19-10-21-46(35-44)56-60-54(39-14-4-3-5-15-39)59-55(61-56)40-28-26-37(27-29-40)47-22-12-32-58-36-47/h3-36H,1-2H3. The van der Waals surface area contributed by atoms with E-state index < -0.39 is 0 Å². The Morgan fingerprint density at radius 1 is 0.344 bits per heavy atom. The zero-order valence-electron chi connectivity index (χ0n) is 33.9. The van der Waals surface area contributed by atoms with E-state index in [9.17, 15) is 0 Å². The average Bonchev–Trinajstić information content (AvgIpc) is 3.58. The number of benzene rings is 8. The lowest BCUT2D eigenvalue weighted by atomic mass is 9.81. The minimum absolute atomic E-state index is 0.0938. The molecule has 0 atom stereocenters. The highest BCUT2D eigenvalue weighted by Gasteiger charge is 2.37. The summed E-state index contributed by atoms with van der Waals surface area (Å²) in [6.45, 7) is 4.72. The first-order chi connectivity index (χ1) is 30.0. The Bertz CT molecular complexity index is 3260. The van der Waals surface area contributed by atoms with Gasteiger partial charge in [-0.3, -0.25) is 4.98 Å². The SMILES string of the molecule is CC1(C)c2cccc(-c3cccc(-c4cccc(-c5cccc(-c6nc(-c7ccccc7)nc(-c7ccc(-c8cccnc8)cc7)n6)c5)c4)c3)c2-c2c1ccc1ccccc21. The number of aromatic nitrogens is 4. The van der Waals surface area contributed by atoms with Crippen LogP contribution < -0.4 is 0 Å². The van der Waals surface area contributed by atoms with Gasteiger partial charge >= 0.3 is 0 Å². The van der Waals surface area contributed by atoms with Gasteiger partial charge in [-0.15, -0.1) is 0 Å². The molecule has 288 valence electrons. The van der Waals surface area contributed by atoms with Crippen LogP contribution in [-0.4, -0.2) is 19.9 Å². The highest BCUT2D eigenvalue weighted by atomic mass is 15.0. The predicted octanol–water partition coefficient (Wildman–Crippen LogP) is 14.4. The number of rotatable bonds is 7. The zero-order valence-corrected chi connectivity index (χ0v) is 33.9. The normalized spacial score (nSPS) is 12.6. The molecule has 0 amide bonds. The molecule has 4 nitrogen and oxygen atoms in total. The Balaban J connectivity index is 0.957. The summed E-state index contributed by atoms with van der Waals surface area (Å²) in [5.41, 5.74) is 17.3. The van der Waals surface area contributed by atoms with Crippen molar-refractivity contribution in [1.82, 2.24) is 19.9 Å². The highest BCUT2D eigenvalue weighted by Crippen LogP contribution is 2.54. The number of fused-ring (bicyclic) bond motifs is 5. The van der Waals surface area contributed by atoms with Crippen molar-refractivity contribution < 1.29 is 0 Å². The number of nitrogens with zero attached hydrogens (tertiary/aromatic N) is 4. The molecule has 10 aromatic rings. The van der Waals surface area contributed by atoms with E-state index in [1.165, 1.54) is 49.7 Å². The van der Waals surface area contributed by atoms with E-state index in [0.717, 1.165) is 44.5 Å². The molecule has 0 aliphatic heterocycles. The van der Waals surface area contributed by atoms with Gasteiger partial charge in [0, 0.05) is 34.5 Å². The van der Waals surface area contributed by atoms with Crippen molar-refractivity contribution in [2.75, 3.05) is 0 Å². The molecule has 11 rings (SSSR count). The molecule has 0 unspecified atom stereocenters. The van der Waals surface area contributed by atoms with E-state index in [4.69, 9.17) is 15.0 Å². The van der Waals surface area contributed by atoms with E-state index >= 15 is 0 Å². The maximum atomic E-state index is 5.07. The number of pyridine rings is 1. The molecule has 8 aromatic carbocycles. The van der Waals surface area contributed by atoms with Gasteiger partial charge in [0.1, 0.15) is 0 Å². The molecule has 1 aliphatic carbocycles. The predicted molar refractivity (Wildman–Crippen MR) is 251 cm³/mol. The molecule has 61 heavy (non-hydrogen) atoms. The summed E-state index contributed by atoms with van der Waals surface area (Å²) in [5, 5.41) is 2.58. The number of hydrogen-bond donors (Lipinski definition) is 0. The van der Waals surface area contributed by atoms with Gasteiger partial charge < -0.3 is 0 Å². The smallest absolute Gasteiger partial charge is 0.164 e. The second-order valence-corrected chi connectivity index (χ2v) is 16.3. The molecule has 0 N–H and O–H groups in total. The molecule has 0 saturated heterocycles. The summed E-state index contributed by atoms with van der Waals surface area (Å²) < 4.78 is 0. The fraction of sp³-hybridized carbons (Fsp3) is 0.0526. The van der Waals surface area contributed by atoms with Crippen LogP contribution in [0.4, 0.5) is 0 Å². The molecule has 1 aliphatic rings. The van der Waals surface area contributed by atoms with Crippen LogP contribution in [0.5, 0.6) is 0 Å². The van der Waals surface area contributed by atoms with Gasteiger partial charge in [0.2, 0.25) is 0 Å². The Morgan fingerprint density at radius 3 is 1.54 bits per heavy atom. The first kappa shape index (κ1) is 36.3.